The second kappa shape index (κ2) is 7.05. The molecule has 0 amide bonds. The molecule has 2 unspecified atom stereocenters. The fourth-order valence-corrected chi connectivity index (χ4v) is 3.91. The summed E-state index contributed by atoms with van der Waals surface area (Å²) in [6.07, 6.45) is 4.54. The molecule has 1 saturated heterocycles. The highest BCUT2D eigenvalue weighted by atomic mass is 16.5. The monoisotopic (exact) mass is 327 g/mol. The Balaban J connectivity index is 1.54. The standard InChI is InChI=1S/C19H25N3O2/c23-18-7-6-15(8-9-21-10-12-24-13-11-21)17-14-20-22(19(17)18)16-4-2-1-3-5-16/h1-5,14-15,18,23H,6-13H2. The van der Waals surface area contributed by atoms with Crippen LogP contribution in [0.2, 0.25) is 0 Å². The van der Waals surface area contributed by atoms with Crippen molar-refractivity contribution >= 4 is 0 Å². The van der Waals surface area contributed by atoms with Gasteiger partial charge in [0.15, 0.2) is 0 Å². The Hall–Kier alpha value is -1.69. The number of nitrogens with zero attached hydrogens (tertiary/aromatic N) is 3. The minimum Gasteiger partial charge on any atom is -0.387 e. The summed E-state index contributed by atoms with van der Waals surface area (Å²) in [6.45, 7) is 4.86. The van der Waals surface area contributed by atoms with E-state index in [1.165, 1.54) is 5.56 Å². The third kappa shape index (κ3) is 3.11. The lowest BCUT2D eigenvalue weighted by Gasteiger charge is -2.31. The number of aromatic nitrogens is 2. The van der Waals surface area contributed by atoms with Gasteiger partial charge in [-0.25, -0.2) is 4.68 Å². The van der Waals surface area contributed by atoms with Crippen LogP contribution in [0.4, 0.5) is 0 Å². The first-order valence-electron chi connectivity index (χ1n) is 8.94. The Morgan fingerprint density at radius 3 is 2.71 bits per heavy atom. The molecule has 1 aliphatic carbocycles. The van der Waals surface area contributed by atoms with Crippen molar-refractivity contribution in [2.45, 2.75) is 31.3 Å². The summed E-state index contributed by atoms with van der Waals surface area (Å²) in [5, 5.41) is 15.1. The van der Waals surface area contributed by atoms with Crippen LogP contribution in [0.5, 0.6) is 0 Å². The number of fused-ring (bicyclic) bond motifs is 1. The molecule has 5 heteroatoms. The zero-order chi connectivity index (χ0) is 16.4. The molecule has 0 bridgehead atoms. The van der Waals surface area contributed by atoms with Crippen LogP contribution in [0.3, 0.4) is 0 Å². The topological polar surface area (TPSA) is 50.5 Å². The number of hydrogen-bond donors (Lipinski definition) is 1. The number of aliphatic hydroxyl groups is 1. The maximum Gasteiger partial charge on any atom is 0.0964 e. The summed E-state index contributed by atoms with van der Waals surface area (Å²) in [6, 6.07) is 10.1. The third-order valence-corrected chi connectivity index (χ3v) is 5.28. The van der Waals surface area contributed by atoms with E-state index >= 15 is 0 Å². The summed E-state index contributed by atoms with van der Waals surface area (Å²) in [7, 11) is 0. The van der Waals surface area contributed by atoms with E-state index in [2.05, 4.69) is 10.00 Å². The van der Waals surface area contributed by atoms with E-state index < -0.39 is 6.10 Å². The zero-order valence-corrected chi connectivity index (χ0v) is 14.0. The van der Waals surface area contributed by atoms with E-state index in [1.807, 2.05) is 41.2 Å². The summed E-state index contributed by atoms with van der Waals surface area (Å²) in [5.74, 6) is 0.490. The first-order valence-corrected chi connectivity index (χ1v) is 8.94. The predicted octanol–water partition coefficient (Wildman–Crippen LogP) is 2.51. The Bertz CT molecular complexity index is 665. The summed E-state index contributed by atoms with van der Waals surface area (Å²) in [5.41, 5.74) is 3.23. The van der Waals surface area contributed by atoms with Gasteiger partial charge in [0.2, 0.25) is 0 Å². The molecule has 2 atom stereocenters. The molecule has 4 rings (SSSR count). The van der Waals surface area contributed by atoms with E-state index in [-0.39, 0.29) is 0 Å². The highest BCUT2D eigenvalue weighted by Crippen LogP contribution is 2.40. The number of morpholine rings is 1. The van der Waals surface area contributed by atoms with Crippen LogP contribution in [0, 0.1) is 0 Å². The molecule has 2 aromatic rings. The Labute approximate surface area is 142 Å². The first kappa shape index (κ1) is 15.8. The Morgan fingerprint density at radius 1 is 1.12 bits per heavy atom. The smallest absolute Gasteiger partial charge is 0.0964 e. The van der Waals surface area contributed by atoms with Gasteiger partial charge >= 0.3 is 0 Å². The number of hydrogen-bond acceptors (Lipinski definition) is 4. The lowest BCUT2D eigenvalue weighted by molar-refractivity contribution is 0.0359. The van der Waals surface area contributed by atoms with Gasteiger partial charge in [-0.1, -0.05) is 18.2 Å². The maximum absolute atomic E-state index is 10.5. The van der Waals surface area contributed by atoms with Gasteiger partial charge in [0.1, 0.15) is 0 Å². The molecular formula is C19H25N3O2. The van der Waals surface area contributed by atoms with Crippen LogP contribution in [-0.2, 0) is 4.74 Å². The second-order valence-corrected chi connectivity index (χ2v) is 6.77. The van der Waals surface area contributed by atoms with E-state index in [1.54, 1.807) is 0 Å². The normalized spacial score (nSPS) is 24.7. The predicted molar refractivity (Wildman–Crippen MR) is 92.4 cm³/mol. The van der Waals surface area contributed by atoms with Gasteiger partial charge in [-0.2, -0.15) is 5.10 Å². The van der Waals surface area contributed by atoms with Crippen molar-refractivity contribution in [2.75, 3.05) is 32.8 Å². The lowest BCUT2D eigenvalue weighted by Crippen LogP contribution is -2.37. The van der Waals surface area contributed by atoms with Crippen LogP contribution in [0.25, 0.3) is 5.69 Å². The number of aliphatic hydroxyl groups excluding tert-OH is 1. The number of benzene rings is 1. The van der Waals surface area contributed by atoms with Crippen molar-refractivity contribution in [1.82, 2.24) is 14.7 Å². The summed E-state index contributed by atoms with van der Waals surface area (Å²) >= 11 is 0. The average Bonchev–Trinajstić information content (AvgIpc) is 3.09. The zero-order valence-electron chi connectivity index (χ0n) is 14.0. The first-order chi connectivity index (χ1) is 11.8. The molecule has 2 aliphatic rings. The van der Waals surface area contributed by atoms with E-state index in [4.69, 9.17) is 4.74 Å². The minimum atomic E-state index is -0.414. The fraction of sp³-hybridized carbons (Fsp3) is 0.526. The molecule has 5 nitrogen and oxygen atoms in total. The molecule has 0 spiro atoms. The minimum absolute atomic E-state index is 0.414. The fourth-order valence-electron chi connectivity index (χ4n) is 3.91. The molecule has 24 heavy (non-hydrogen) atoms. The van der Waals surface area contributed by atoms with Crippen molar-refractivity contribution in [3.63, 3.8) is 0 Å². The Kier molecular flexibility index (Phi) is 4.65. The SMILES string of the molecule is OC1CCC(CCN2CCOCC2)c2cnn(-c3ccccc3)c21. The molecule has 2 heterocycles. The van der Waals surface area contributed by atoms with Crippen molar-refractivity contribution in [2.24, 2.45) is 0 Å². The number of para-hydroxylation sites is 1. The van der Waals surface area contributed by atoms with Gasteiger partial charge in [0, 0.05) is 13.1 Å². The van der Waals surface area contributed by atoms with Gasteiger partial charge < -0.3 is 9.84 Å². The molecule has 0 radical (unpaired) electrons. The van der Waals surface area contributed by atoms with Gasteiger partial charge in [-0.15, -0.1) is 0 Å². The lowest BCUT2D eigenvalue weighted by atomic mass is 9.83. The van der Waals surface area contributed by atoms with Gasteiger partial charge in [-0.05, 0) is 49.4 Å². The summed E-state index contributed by atoms with van der Waals surface area (Å²) in [4.78, 5) is 2.48. The number of rotatable bonds is 4. The highest BCUT2D eigenvalue weighted by molar-refractivity contribution is 5.38. The molecule has 1 aromatic carbocycles. The molecule has 0 saturated carbocycles. The molecule has 1 N–H and O–H groups in total. The molecular weight excluding hydrogens is 302 g/mol. The van der Waals surface area contributed by atoms with Crippen LogP contribution < -0.4 is 0 Å². The number of ether oxygens (including phenoxy) is 1. The molecule has 1 fully saturated rings. The third-order valence-electron chi connectivity index (χ3n) is 5.28. The van der Waals surface area contributed by atoms with Crippen molar-refractivity contribution in [3.8, 4) is 5.69 Å². The largest absolute Gasteiger partial charge is 0.387 e. The van der Waals surface area contributed by atoms with E-state index in [0.29, 0.717) is 5.92 Å². The van der Waals surface area contributed by atoms with Gasteiger partial charge in [0.25, 0.3) is 0 Å². The quantitative estimate of drug-likeness (QED) is 0.937. The Morgan fingerprint density at radius 2 is 1.92 bits per heavy atom. The van der Waals surface area contributed by atoms with Gasteiger partial charge in [0.05, 0.1) is 36.9 Å². The summed E-state index contributed by atoms with van der Waals surface area (Å²) < 4.78 is 7.34. The second-order valence-electron chi connectivity index (χ2n) is 6.77. The van der Waals surface area contributed by atoms with Gasteiger partial charge in [-0.3, -0.25) is 4.90 Å². The molecule has 1 aromatic heterocycles. The molecule has 1 aliphatic heterocycles. The highest BCUT2D eigenvalue weighted by Gasteiger charge is 2.30. The molecule has 128 valence electrons. The average molecular weight is 327 g/mol. The van der Waals surface area contributed by atoms with E-state index in [9.17, 15) is 5.11 Å². The van der Waals surface area contributed by atoms with Crippen molar-refractivity contribution in [3.05, 3.63) is 47.8 Å². The van der Waals surface area contributed by atoms with E-state index in [0.717, 1.165) is 63.5 Å². The van der Waals surface area contributed by atoms with Crippen LogP contribution in [-0.4, -0.2) is 52.6 Å². The van der Waals surface area contributed by atoms with Crippen LogP contribution in [0.15, 0.2) is 36.5 Å². The van der Waals surface area contributed by atoms with Crippen LogP contribution >= 0.6 is 0 Å². The maximum atomic E-state index is 10.5. The van der Waals surface area contributed by atoms with Crippen molar-refractivity contribution < 1.29 is 9.84 Å². The van der Waals surface area contributed by atoms with Crippen LogP contribution in [0.1, 0.15) is 42.5 Å². The van der Waals surface area contributed by atoms with Crippen molar-refractivity contribution in [1.29, 1.82) is 0 Å².